The van der Waals surface area contributed by atoms with Crippen LogP contribution in [0.25, 0.3) is 0 Å². The van der Waals surface area contributed by atoms with Crippen LogP contribution in [0.4, 0.5) is 0 Å². The van der Waals surface area contributed by atoms with E-state index in [-0.39, 0.29) is 16.9 Å². The molecule has 0 saturated heterocycles. The van der Waals surface area contributed by atoms with Crippen molar-refractivity contribution in [1.82, 2.24) is 4.72 Å². The van der Waals surface area contributed by atoms with Crippen LogP contribution in [-0.4, -0.2) is 49.7 Å². The molecule has 8 nitrogen and oxygen atoms in total. The molecule has 0 bridgehead atoms. The molecule has 0 heterocycles. The van der Waals surface area contributed by atoms with Gasteiger partial charge in [-0.05, 0) is 38.4 Å². The predicted molar refractivity (Wildman–Crippen MR) is 85.3 cm³/mol. The Morgan fingerprint density at radius 1 is 1.30 bits per heavy atom. The molecule has 0 radical (unpaired) electrons. The van der Waals surface area contributed by atoms with E-state index in [1.807, 2.05) is 0 Å². The fraction of sp³-hybridized carbons (Fsp3) is 0.462. The minimum atomic E-state index is -3.88. The van der Waals surface area contributed by atoms with Crippen molar-refractivity contribution in [3.63, 3.8) is 0 Å². The number of esters is 1. The Labute approximate surface area is 135 Å². The zero-order valence-electron chi connectivity index (χ0n) is 13.2. The summed E-state index contributed by atoms with van der Waals surface area (Å²) in [6, 6.07) is 3.84. The van der Waals surface area contributed by atoms with Crippen LogP contribution in [-0.2, 0) is 19.6 Å². The van der Waals surface area contributed by atoms with Crippen molar-refractivity contribution >= 4 is 28.6 Å². The first kappa shape index (κ1) is 19.6. The normalized spacial score (nSPS) is 13.5. The standard InChI is InChI=1S/C13H21BN2O6S/c1-13(2,3)22-12(17)11(15)8-16-23(20,21)10-6-4-9(5-7-10)14(18)19/h4-7,11,16,18-19H,8,15H2,1-3H3. The van der Waals surface area contributed by atoms with Crippen LogP contribution in [0.15, 0.2) is 29.2 Å². The van der Waals surface area contributed by atoms with E-state index in [0.29, 0.717) is 0 Å². The number of nitrogens with two attached hydrogens (primary N) is 1. The average Bonchev–Trinajstić information content (AvgIpc) is 2.43. The molecule has 0 aromatic heterocycles. The largest absolute Gasteiger partial charge is 0.488 e. The molecule has 1 aromatic carbocycles. The fourth-order valence-electron chi connectivity index (χ4n) is 1.56. The smallest absolute Gasteiger partial charge is 0.459 e. The van der Waals surface area contributed by atoms with Gasteiger partial charge in [0, 0.05) is 6.54 Å². The highest BCUT2D eigenvalue weighted by Crippen LogP contribution is 2.09. The molecule has 0 aliphatic carbocycles. The van der Waals surface area contributed by atoms with Gasteiger partial charge in [0.25, 0.3) is 0 Å². The van der Waals surface area contributed by atoms with Gasteiger partial charge in [-0.3, -0.25) is 4.79 Å². The molecule has 5 N–H and O–H groups in total. The molecule has 10 heteroatoms. The van der Waals surface area contributed by atoms with Crippen LogP contribution < -0.4 is 15.9 Å². The lowest BCUT2D eigenvalue weighted by atomic mass is 9.81. The maximum Gasteiger partial charge on any atom is 0.488 e. The lowest BCUT2D eigenvalue weighted by Gasteiger charge is -2.22. The Kier molecular flexibility index (Phi) is 6.31. The molecule has 0 saturated carbocycles. The molecule has 0 fully saturated rings. The highest BCUT2D eigenvalue weighted by Gasteiger charge is 2.24. The number of ether oxygens (including phenoxy) is 1. The summed E-state index contributed by atoms with van der Waals surface area (Å²) >= 11 is 0. The zero-order valence-corrected chi connectivity index (χ0v) is 14.0. The Hall–Kier alpha value is -1.46. The number of sulfonamides is 1. The van der Waals surface area contributed by atoms with Gasteiger partial charge >= 0.3 is 13.1 Å². The molecule has 128 valence electrons. The summed E-state index contributed by atoms with van der Waals surface area (Å²) in [6.45, 7) is 4.72. The molecule has 0 aliphatic rings. The van der Waals surface area contributed by atoms with E-state index in [4.69, 9.17) is 20.5 Å². The summed E-state index contributed by atoms with van der Waals surface area (Å²) in [4.78, 5) is 11.6. The minimum Gasteiger partial charge on any atom is -0.459 e. The number of nitrogens with one attached hydrogen (secondary N) is 1. The summed E-state index contributed by atoms with van der Waals surface area (Å²) in [5.41, 5.74) is 5.05. The quantitative estimate of drug-likeness (QED) is 0.357. The first-order valence-electron chi connectivity index (χ1n) is 6.86. The Morgan fingerprint density at radius 2 is 1.83 bits per heavy atom. The third-order valence-electron chi connectivity index (χ3n) is 2.69. The number of hydrogen-bond acceptors (Lipinski definition) is 7. The lowest BCUT2D eigenvalue weighted by molar-refractivity contribution is -0.156. The van der Waals surface area contributed by atoms with Crippen molar-refractivity contribution in [3.8, 4) is 0 Å². The Morgan fingerprint density at radius 3 is 2.26 bits per heavy atom. The first-order chi connectivity index (χ1) is 10.4. The Bertz CT molecular complexity index is 639. The molecule has 0 amide bonds. The van der Waals surface area contributed by atoms with Gasteiger partial charge in [0.15, 0.2) is 0 Å². The molecule has 23 heavy (non-hydrogen) atoms. The third kappa shape index (κ3) is 6.28. The van der Waals surface area contributed by atoms with Crippen molar-refractivity contribution in [2.75, 3.05) is 6.54 Å². The van der Waals surface area contributed by atoms with E-state index in [1.165, 1.54) is 24.3 Å². The maximum absolute atomic E-state index is 12.1. The van der Waals surface area contributed by atoms with E-state index >= 15 is 0 Å². The summed E-state index contributed by atoms with van der Waals surface area (Å²) < 4.78 is 31.4. The maximum atomic E-state index is 12.1. The summed E-state index contributed by atoms with van der Waals surface area (Å²) in [6.07, 6.45) is 0. The topological polar surface area (TPSA) is 139 Å². The van der Waals surface area contributed by atoms with Crippen LogP contribution in [0.3, 0.4) is 0 Å². The number of carbonyl (C=O) groups is 1. The molecule has 1 unspecified atom stereocenters. The molecule has 0 spiro atoms. The number of carbonyl (C=O) groups excluding carboxylic acids is 1. The van der Waals surface area contributed by atoms with E-state index in [2.05, 4.69) is 4.72 Å². The van der Waals surface area contributed by atoms with Gasteiger partial charge in [-0.15, -0.1) is 0 Å². The number of rotatable bonds is 6. The second kappa shape index (κ2) is 7.41. The highest BCUT2D eigenvalue weighted by atomic mass is 32.2. The molecular formula is C13H21BN2O6S. The summed E-state index contributed by atoms with van der Waals surface area (Å²) in [5, 5.41) is 17.9. The fourth-order valence-corrected chi connectivity index (χ4v) is 2.62. The van der Waals surface area contributed by atoms with Crippen LogP contribution in [0, 0.1) is 0 Å². The van der Waals surface area contributed by atoms with Gasteiger partial charge in [0.1, 0.15) is 11.6 Å². The van der Waals surface area contributed by atoms with Gasteiger partial charge in [-0.25, -0.2) is 13.1 Å². The second-order valence-electron chi connectivity index (χ2n) is 5.93. The van der Waals surface area contributed by atoms with Gasteiger partial charge in [0.05, 0.1) is 4.90 Å². The van der Waals surface area contributed by atoms with E-state index in [0.717, 1.165) is 0 Å². The van der Waals surface area contributed by atoms with Crippen LogP contribution in [0.1, 0.15) is 20.8 Å². The van der Waals surface area contributed by atoms with Crippen LogP contribution >= 0.6 is 0 Å². The summed E-state index contributed by atoms with van der Waals surface area (Å²) in [5.74, 6) is -0.709. The van der Waals surface area contributed by atoms with Gasteiger partial charge < -0.3 is 20.5 Å². The van der Waals surface area contributed by atoms with Crippen molar-refractivity contribution in [2.24, 2.45) is 5.73 Å². The van der Waals surface area contributed by atoms with Crippen molar-refractivity contribution in [2.45, 2.75) is 37.3 Å². The monoisotopic (exact) mass is 344 g/mol. The molecule has 1 rings (SSSR count). The van der Waals surface area contributed by atoms with E-state index < -0.39 is 34.8 Å². The van der Waals surface area contributed by atoms with Crippen molar-refractivity contribution in [1.29, 1.82) is 0 Å². The molecule has 0 aliphatic heterocycles. The molecule has 1 aromatic rings. The van der Waals surface area contributed by atoms with Crippen molar-refractivity contribution in [3.05, 3.63) is 24.3 Å². The molecule has 1 atom stereocenters. The molecular weight excluding hydrogens is 323 g/mol. The lowest BCUT2D eigenvalue weighted by Crippen LogP contribution is -2.45. The van der Waals surface area contributed by atoms with E-state index in [9.17, 15) is 13.2 Å². The Balaban J connectivity index is 2.70. The minimum absolute atomic E-state index is 0.0849. The average molecular weight is 344 g/mol. The predicted octanol–water partition coefficient (Wildman–Crippen LogP) is -1.69. The summed E-state index contributed by atoms with van der Waals surface area (Å²) in [7, 11) is -5.56. The number of benzene rings is 1. The zero-order chi connectivity index (χ0) is 17.8. The van der Waals surface area contributed by atoms with Crippen molar-refractivity contribution < 1.29 is 28.0 Å². The number of hydrogen-bond donors (Lipinski definition) is 4. The third-order valence-corrected chi connectivity index (χ3v) is 4.13. The SMILES string of the molecule is CC(C)(C)OC(=O)C(N)CNS(=O)(=O)c1ccc(B(O)O)cc1. The van der Waals surface area contributed by atoms with Gasteiger partial charge in [-0.1, -0.05) is 12.1 Å². The first-order valence-corrected chi connectivity index (χ1v) is 8.35. The van der Waals surface area contributed by atoms with Gasteiger partial charge in [0.2, 0.25) is 10.0 Å². The highest BCUT2D eigenvalue weighted by molar-refractivity contribution is 7.89. The van der Waals surface area contributed by atoms with Crippen LogP contribution in [0.5, 0.6) is 0 Å². The second-order valence-corrected chi connectivity index (χ2v) is 7.70. The van der Waals surface area contributed by atoms with E-state index in [1.54, 1.807) is 20.8 Å². The van der Waals surface area contributed by atoms with Gasteiger partial charge in [-0.2, -0.15) is 0 Å². The van der Waals surface area contributed by atoms with Crippen LogP contribution in [0.2, 0.25) is 0 Å².